The third-order valence-corrected chi connectivity index (χ3v) is 6.01. The normalized spacial score (nSPS) is 15.4. The molecular formula is C22H23N3O3S. The van der Waals surface area contributed by atoms with Crippen LogP contribution in [0.15, 0.2) is 42.7 Å². The minimum atomic E-state index is -0.208. The van der Waals surface area contributed by atoms with E-state index in [0.717, 1.165) is 30.5 Å². The molecule has 6 nitrogen and oxygen atoms in total. The molecule has 0 saturated carbocycles. The van der Waals surface area contributed by atoms with Gasteiger partial charge in [-0.15, -0.1) is 11.3 Å². The molecule has 1 amide bonds. The molecule has 150 valence electrons. The number of thiazole rings is 1. The molecule has 3 aromatic rings. The fourth-order valence-corrected chi connectivity index (χ4v) is 4.50. The van der Waals surface area contributed by atoms with E-state index in [1.807, 2.05) is 12.1 Å². The number of carbonyl (C=O) groups excluding carboxylic acids is 1. The molecule has 0 aliphatic heterocycles. The molecule has 2 aromatic heterocycles. The van der Waals surface area contributed by atoms with Crippen LogP contribution in [0.2, 0.25) is 0 Å². The Morgan fingerprint density at radius 2 is 2.07 bits per heavy atom. The monoisotopic (exact) mass is 409 g/mol. The third kappa shape index (κ3) is 4.56. The van der Waals surface area contributed by atoms with Crippen LogP contribution in [0.25, 0.3) is 0 Å². The highest BCUT2D eigenvalue weighted by molar-refractivity contribution is 7.15. The van der Waals surface area contributed by atoms with Crippen molar-refractivity contribution in [3.8, 4) is 11.5 Å². The number of aryl methyl sites for hydroxylation is 1. The number of aromatic nitrogens is 2. The SMILES string of the molecule is COc1ccc(C(=O)Nc2nc3c(s2)C[C@H](C)CC3)cc1OCc1ccncc1. The molecule has 0 spiro atoms. The molecular weight excluding hydrogens is 386 g/mol. The molecule has 1 aromatic carbocycles. The summed E-state index contributed by atoms with van der Waals surface area (Å²) in [7, 11) is 1.58. The number of ether oxygens (including phenoxy) is 2. The van der Waals surface area contributed by atoms with E-state index in [0.29, 0.717) is 34.7 Å². The van der Waals surface area contributed by atoms with Gasteiger partial charge in [-0.25, -0.2) is 4.98 Å². The van der Waals surface area contributed by atoms with E-state index in [2.05, 4.69) is 22.2 Å². The Labute approximate surface area is 173 Å². The molecule has 0 radical (unpaired) electrons. The number of hydrogen-bond acceptors (Lipinski definition) is 6. The molecule has 7 heteroatoms. The van der Waals surface area contributed by atoms with Gasteiger partial charge in [0.15, 0.2) is 16.6 Å². The summed E-state index contributed by atoms with van der Waals surface area (Å²) in [4.78, 5) is 22.7. The summed E-state index contributed by atoms with van der Waals surface area (Å²) in [5, 5.41) is 3.59. The van der Waals surface area contributed by atoms with Crippen LogP contribution in [0.1, 0.15) is 39.8 Å². The fourth-order valence-electron chi connectivity index (χ4n) is 3.33. The van der Waals surface area contributed by atoms with E-state index < -0.39 is 0 Å². The number of nitrogens with zero attached hydrogens (tertiary/aromatic N) is 2. The molecule has 0 fully saturated rings. The molecule has 29 heavy (non-hydrogen) atoms. The lowest BCUT2D eigenvalue weighted by molar-refractivity contribution is 0.102. The van der Waals surface area contributed by atoms with Gasteiger partial charge in [-0.1, -0.05) is 6.92 Å². The Morgan fingerprint density at radius 3 is 2.86 bits per heavy atom. The quantitative estimate of drug-likeness (QED) is 0.649. The van der Waals surface area contributed by atoms with Gasteiger partial charge in [-0.3, -0.25) is 15.1 Å². The van der Waals surface area contributed by atoms with Crippen molar-refractivity contribution in [1.29, 1.82) is 0 Å². The zero-order chi connectivity index (χ0) is 20.2. The van der Waals surface area contributed by atoms with Crippen molar-refractivity contribution in [1.82, 2.24) is 9.97 Å². The maximum Gasteiger partial charge on any atom is 0.257 e. The van der Waals surface area contributed by atoms with Gasteiger partial charge in [0.25, 0.3) is 5.91 Å². The predicted molar refractivity (Wildman–Crippen MR) is 113 cm³/mol. The van der Waals surface area contributed by atoms with E-state index in [1.165, 1.54) is 4.88 Å². The van der Waals surface area contributed by atoms with Gasteiger partial charge in [0.1, 0.15) is 6.61 Å². The maximum atomic E-state index is 12.8. The Morgan fingerprint density at radius 1 is 1.24 bits per heavy atom. The number of benzene rings is 1. The van der Waals surface area contributed by atoms with Crippen LogP contribution in [0.3, 0.4) is 0 Å². The third-order valence-electron chi connectivity index (χ3n) is 4.98. The molecule has 4 rings (SSSR count). The number of hydrogen-bond donors (Lipinski definition) is 1. The van der Waals surface area contributed by atoms with Gasteiger partial charge in [0.2, 0.25) is 0 Å². The van der Waals surface area contributed by atoms with E-state index in [9.17, 15) is 4.79 Å². The highest BCUT2D eigenvalue weighted by Crippen LogP contribution is 2.33. The largest absolute Gasteiger partial charge is 0.493 e. The lowest BCUT2D eigenvalue weighted by Crippen LogP contribution is -2.12. The average molecular weight is 410 g/mol. The highest BCUT2D eigenvalue weighted by Gasteiger charge is 2.21. The number of amides is 1. The first-order chi connectivity index (χ1) is 14.1. The van der Waals surface area contributed by atoms with E-state index in [1.54, 1.807) is 49.0 Å². The minimum absolute atomic E-state index is 0.208. The van der Waals surface area contributed by atoms with Gasteiger partial charge < -0.3 is 9.47 Å². The first-order valence-electron chi connectivity index (χ1n) is 9.62. The number of fused-ring (bicyclic) bond motifs is 1. The van der Waals surface area contributed by atoms with Gasteiger partial charge >= 0.3 is 0 Å². The molecule has 1 N–H and O–H groups in total. The second-order valence-corrected chi connectivity index (χ2v) is 8.28. The second kappa shape index (κ2) is 8.61. The Bertz CT molecular complexity index is 1000. The Kier molecular flexibility index (Phi) is 5.76. The minimum Gasteiger partial charge on any atom is -0.493 e. The van der Waals surface area contributed by atoms with Gasteiger partial charge in [-0.05, 0) is 61.1 Å². The standard InChI is InChI=1S/C22H23N3O3S/c1-14-3-5-17-20(11-14)29-22(24-17)25-21(26)16-4-6-18(27-2)19(12-16)28-13-15-7-9-23-10-8-15/h4,6-10,12,14H,3,5,11,13H2,1-2H3,(H,24,25,26)/t14-/m1/s1. The van der Waals surface area contributed by atoms with Crippen LogP contribution in [-0.4, -0.2) is 23.0 Å². The summed E-state index contributed by atoms with van der Waals surface area (Å²) in [5.41, 5.74) is 2.61. The molecule has 1 atom stereocenters. The summed E-state index contributed by atoms with van der Waals surface area (Å²) >= 11 is 1.58. The predicted octanol–water partition coefficient (Wildman–Crippen LogP) is 4.50. The van der Waals surface area contributed by atoms with Crippen molar-refractivity contribution in [2.24, 2.45) is 5.92 Å². The zero-order valence-corrected chi connectivity index (χ0v) is 17.3. The van der Waals surface area contributed by atoms with Gasteiger partial charge in [0.05, 0.1) is 12.8 Å². The van der Waals surface area contributed by atoms with Crippen molar-refractivity contribution in [2.75, 3.05) is 12.4 Å². The first kappa shape index (κ1) is 19.4. The number of anilines is 1. The number of carbonyl (C=O) groups is 1. The molecule has 0 saturated heterocycles. The molecule has 0 unspecified atom stereocenters. The molecule has 1 aliphatic carbocycles. The summed E-state index contributed by atoms with van der Waals surface area (Å²) in [6, 6.07) is 8.93. The van der Waals surface area contributed by atoms with Crippen molar-refractivity contribution >= 4 is 22.4 Å². The van der Waals surface area contributed by atoms with Crippen molar-refractivity contribution < 1.29 is 14.3 Å². The number of methoxy groups -OCH3 is 1. The van der Waals surface area contributed by atoms with Crippen molar-refractivity contribution in [2.45, 2.75) is 32.8 Å². The number of rotatable bonds is 6. The van der Waals surface area contributed by atoms with Crippen LogP contribution < -0.4 is 14.8 Å². The Balaban J connectivity index is 1.48. The number of pyridine rings is 1. The van der Waals surface area contributed by atoms with Crippen LogP contribution in [0.5, 0.6) is 11.5 Å². The Hall–Kier alpha value is -2.93. The smallest absolute Gasteiger partial charge is 0.257 e. The van der Waals surface area contributed by atoms with Gasteiger partial charge in [0, 0.05) is 22.8 Å². The number of nitrogens with one attached hydrogen (secondary N) is 1. The fraction of sp³-hybridized carbons (Fsp3) is 0.318. The summed E-state index contributed by atoms with van der Waals surface area (Å²) in [6.07, 6.45) is 6.61. The lowest BCUT2D eigenvalue weighted by Gasteiger charge is -2.15. The van der Waals surface area contributed by atoms with Crippen LogP contribution in [0, 0.1) is 5.92 Å². The van der Waals surface area contributed by atoms with Crippen LogP contribution >= 0.6 is 11.3 Å². The van der Waals surface area contributed by atoms with Crippen molar-refractivity contribution in [3.63, 3.8) is 0 Å². The first-order valence-corrected chi connectivity index (χ1v) is 10.4. The summed E-state index contributed by atoms with van der Waals surface area (Å²) in [6.45, 7) is 2.62. The molecule has 0 bridgehead atoms. The van der Waals surface area contributed by atoms with E-state index in [-0.39, 0.29) is 5.91 Å². The highest BCUT2D eigenvalue weighted by atomic mass is 32.1. The van der Waals surface area contributed by atoms with E-state index >= 15 is 0 Å². The molecule has 2 heterocycles. The zero-order valence-electron chi connectivity index (χ0n) is 16.5. The maximum absolute atomic E-state index is 12.8. The van der Waals surface area contributed by atoms with Crippen LogP contribution in [-0.2, 0) is 19.4 Å². The summed E-state index contributed by atoms with van der Waals surface area (Å²) in [5.74, 6) is 1.56. The molecule has 1 aliphatic rings. The van der Waals surface area contributed by atoms with Crippen molar-refractivity contribution in [3.05, 3.63) is 64.4 Å². The lowest BCUT2D eigenvalue weighted by atomic mass is 9.93. The summed E-state index contributed by atoms with van der Waals surface area (Å²) < 4.78 is 11.3. The second-order valence-electron chi connectivity index (χ2n) is 7.20. The van der Waals surface area contributed by atoms with Crippen LogP contribution in [0.4, 0.5) is 5.13 Å². The average Bonchev–Trinajstić information content (AvgIpc) is 3.14. The van der Waals surface area contributed by atoms with Gasteiger partial charge in [-0.2, -0.15) is 0 Å². The van der Waals surface area contributed by atoms with E-state index in [4.69, 9.17) is 9.47 Å². The topological polar surface area (TPSA) is 73.3 Å².